The number of amides is 1. The zero-order valence-corrected chi connectivity index (χ0v) is 17.9. The van der Waals surface area contributed by atoms with Crippen LogP contribution < -0.4 is 5.32 Å². The van der Waals surface area contributed by atoms with Gasteiger partial charge in [0.1, 0.15) is 0 Å². The van der Waals surface area contributed by atoms with E-state index in [9.17, 15) is 13.2 Å². The lowest BCUT2D eigenvalue weighted by atomic mass is 10.1. The van der Waals surface area contributed by atoms with Crippen LogP contribution in [-0.2, 0) is 21.1 Å². The van der Waals surface area contributed by atoms with Gasteiger partial charge in [-0.3, -0.25) is 10.1 Å². The molecule has 7 nitrogen and oxygen atoms in total. The smallest absolute Gasteiger partial charge is 0.322 e. The number of aromatic nitrogens is 2. The summed E-state index contributed by atoms with van der Waals surface area (Å²) in [5.41, 5.74) is 1.44. The quantitative estimate of drug-likeness (QED) is 0.567. The Morgan fingerprint density at radius 1 is 1.07 bits per heavy atom. The summed E-state index contributed by atoms with van der Waals surface area (Å²) in [6, 6.07) is 13.9. The van der Waals surface area contributed by atoms with Crippen LogP contribution in [-0.4, -0.2) is 36.0 Å². The topological polar surface area (TPSA) is 102 Å². The molecule has 0 saturated heterocycles. The van der Waals surface area contributed by atoms with E-state index in [1.54, 1.807) is 23.9 Å². The highest BCUT2D eigenvalue weighted by Crippen LogP contribution is 2.26. The second kappa shape index (κ2) is 8.79. The van der Waals surface area contributed by atoms with E-state index in [0.717, 1.165) is 16.7 Å². The zero-order chi connectivity index (χ0) is 21.0. The van der Waals surface area contributed by atoms with Gasteiger partial charge in [-0.1, -0.05) is 31.1 Å². The predicted octanol–water partition coefficient (Wildman–Crippen LogP) is 3.82. The van der Waals surface area contributed by atoms with Crippen molar-refractivity contribution in [1.82, 2.24) is 10.2 Å². The van der Waals surface area contributed by atoms with Gasteiger partial charge in [-0.2, -0.15) is 0 Å². The first-order valence-corrected chi connectivity index (χ1v) is 11.7. The van der Waals surface area contributed by atoms with E-state index in [4.69, 9.17) is 4.42 Å². The Balaban J connectivity index is 1.61. The van der Waals surface area contributed by atoms with Gasteiger partial charge in [-0.25, -0.2) is 8.42 Å². The van der Waals surface area contributed by atoms with Crippen LogP contribution in [0, 0.1) is 0 Å². The second-order valence-corrected chi connectivity index (χ2v) is 10.4. The highest BCUT2D eigenvalue weighted by atomic mass is 32.2. The minimum absolute atomic E-state index is 0.0124. The van der Waals surface area contributed by atoms with Crippen molar-refractivity contribution >= 4 is 33.5 Å². The average molecular weight is 432 g/mol. The predicted molar refractivity (Wildman–Crippen MR) is 113 cm³/mol. The highest BCUT2D eigenvalue weighted by molar-refractivity contribution is 7.99. The van der Waals surface area contributed by atoms with Crippen LogP contribution in [0.1, 0.15) is 19.4 Å². The first kappa shape index (κ1) is 21.1. The molecule has 2 aromatic carbocycles. The van der Waals surface area contributed by atoms with Gasteiger partial charge in [0.15, 0.2) is 9.84 Å². The molecule has 0 spiro atoms. The maximum Gasteiger partial charge on any atom is 0.322 e. The van der Waals surface area contributed by atoms with Crippen molar-refractivity contribution in [2.45, 2.75) is 35.3 Å². The summed E-state index contributed by atoms with van der Waals surface area (Å²) in [6.45, 7) is 4.26. The number of carbonyl (C=O) groups is 1. The molecule has 1 N–H and O–H groups in total. The molecule has 9 heteroatoms. The Kier molecular flexibility index (Phi) is 6.39. The molecule has 0 radical (unpaired) electrons. The van der Waals surface area contributed by atoms with Crippen LogP contribution in [0.25, 0.3) is 11.5 Å². The van der Waals surface area contributed by atoms with E-state index < -0.39 is 9.84 Å². The van der Waals surface area contributed by atoms with Crippen LogP contribution in [0.3, 0.4) is 0 Å². The van der Waals surface area contributed by atoms with Crippen LogP contribution in [0.2, 0.25) is 0 Å². The van der Waals surface area contributed by atoms with E-state index in [0.29, 0.717) is 16.7 Å². The molecule has 3 aromatic rings. The number of rotatable bonds is 7. The first-order chi connectivity index (χ1) is 13.7. The third-order valence-electron chi connectivity index (χ3n) is 3.86. The Hall–Kier alpha value is -2.65. The maximum absolute atomic E-state index is 12.2. The molecule has 0 atom stereocenters. The summed E-state index contributed by atoms with van der Waals surface area (Å²) in [7, 11) is -3.26. The third kappa shape index (κ3) is 5.91. The van der Waals surface area contributed by atoms with E-state index in [1.165, 1.54) is 12.1 Å². The minimum atomic E-state index is -3.26. The molecular weight excluding hydrogens is 410 g/mol. The number of hydrogen-bond donors (Lipinski definition) is 1. The molecule has 29 heavy (non-hydrogen) atoms. The highest BCUT2D eigenvalue weighted by Gasteiger charge is 2.13. The molecule has 1 amide bonds. The van der Waals surface area contributed by atoms with Gasteiger partial charge in [0.2, 0.25) is 11.8 Å². The molecule has 0 fully saturated rings. The van der Waals surface area contributed by atoms with Gasteiger partial charge in [0.25, 0.3) is 0 Å². The lowest BCUT2D eigenvalue weighted by Crippen LogP contribution is -2.14. The summed E-state index contributed by atoms with van der Waals surface area (Å²) in [4.78, 5) is 13.6. The van der Waals surface area contributed by atoms with Crippen molar-refractivity contribution in [2.24, 2.45) is 0 Å². The molecular formula is C20H21N3O4S2. The largest absolute Gasteiger partial charge is 0.403 e. The molecule has 0 unspecified atom stereocenters. The molecule has 0 saturated carbocycles. The SMILES string of the molecule is CC(C)Sc1ccc(-c2nnc(NC(=O)Cc3ccc(S(C)(=O)=O)cc3)o2)cc1. The van der Waals surface area contributed by atoms with Gasteiger partial charge in [0, 0.05) is 22.0 Å². The molecule has 1 aromatic heterocycles. The summed E-state index contributed by atoms with van der Waals surface area (Å²) in [6.07, 6.45) is 1.20. The molecule has 0 aliphatic heterocycles. The summed E-state index contributed by atoms with van der Waals surface area (Å²) < 4.78 is 28.5. The van der Waals surface area contributed by atoms with Gasteiger partial charge >= 0.3 is 6.01 Å². The first-order valence-electron chi connectivity index (χ1n) is 8.90. The fourth-order valence-electron chi connectivity index (χ4n) is 2.54. The number of hydrogen-bond acceptors (Lipinski definition) is 7. The number of anilines is 1. The third-order valence-corrected chi connectivity index (χ3v) is 6.00. The number of sulfone groups is 1. The van der Waals surface area contributed by atoms with Crippen molar-refractivity contribution in [3.63, 3.8) is 0 Å². The normalized spacial score (nSPS) is 11.6. The number of thioether (sulfide) groups is 1. The fraction of sp³-hybridized carbons (Fsp3) is 0.250. The number of carbonyl (C=O) groups excluding carboxylic acids is 1. The number of benzene rings is 2. The van der Waals surface area contributed by atoms with Gasteiger partial charge in [-0.15, -0.1) is 16.9 Å². The standard InChI is InChI=1S/C20H21N3O4S2/c1-13(2)28-16-8-6-15(7-9-16)19-22-23-20(27-19)21-18(24)12-14-4-10-17(11-5-14)29(3,25)26/h4-11,13H,12H2,1-3H3,(H,21,23,24). The number of nitrogens with zero attached hydrogens (tertiary/aromatic N) is 2. The average Bonchev–Trinajstić information content (AvgIpc) is 3.10. The molecule has 0 aliphatic carbocycles. The molecule has 0 aliphatic rings. The zero-order valence-electron chi connectivity index (χ0n) is 16.2. The summed E-state index contributed by atoms with van der Waals surface area (Å²) >= 11 is 1.76. The monoisotopic (exact) mass is 431 g/mol. The van der Waals surface area contributed by atoms with Gasteiger partial charge in [-0.05, 0) is 42.0 Å². The van der Waals surface area contributed by atoms with Gasteiger partial charge < -0.3 is 4.42 Å². The molecule has 0 bridgehead atoms. The van der Waals surface area contributed by atoms with Crippen molar-refractivity contribution in [2.75, 3.05) is 11.6 Å². The lowest BCUT2D eigenvalue weighted by molar-refractivity contribution is -0.115. The van der Waals surface area contributed by atoms with Gasteiger partial charge in [0.05, 0.1) is 11.3 Å². The molecule has 3 rings (SSSR count). The second-order valence-electron chi connectivity index (χ2n) is 6.74. The molecule has 1 heterocycles. The minimum Gasteiger partial charge on any atom is -0.403 e. The van der Waals surface area contributed by atoms with Crippen LogP contribution in [0.4, 0.5) is 6.01 Å². The van der Waals surface area contributed by atoms with E-state index in [1.807, 2.05) is 24.3 Å². The van der Waals surface area contributed by atoms with E-state index in [2.05, 4.69) is 29.4 Å². The Labute approximate surface area is 173 Å². The fourth-order valence-corrected chi connectivity index (χ4v) is 4.01. The van der Waals surface area contributed by atoms with Crippen molar-refractivity contribution in [1.29, 1.82) is 0 Å². The maximum atomic E-state index is 12.2. The van der Waals surface area contributed by atoms with Crippen molar-refractivity contribution in [3.05, 3.63) is 54.1 Å². The van der Waals surface area contributed by atoms with Crippen LogP contribution >= 0.6 is 11.8 Å². The van der Waals surface area contributed by atoms with Crippen molar-refractivity contribution < 1.29 is 17.6 Å². The summed E-state index contributed by atoms with van der Waals surface area (Å²) in [5.74, 6) is -0.0186. The molecule has 152 valence electrons. The van der Waals surface area contributed by atoms with Crippen molar-refractivity contribution in [3.8, 4) is 11.5 Å². The van der Waals surface area contributed by atoms with Crippen LogP contribution in [0.15, 0.2) is 62.7 Å². The van der Waals surface area contributed by atoms with E-state index in [-0.39, 0.29) is 23.2 Å². The lowest BCUT2D eigenvalue weighted by Gasteiger charge is -2.04. The van der Waals surface area contributed by atoms with E-state index >= 15 is 0 Å². The Morgan fingerprint density at radius 3 is 2.31 bits per heavy atom. The summed E-state index contributed by atoms with van der Waals surface area (Å²) in [5, 5.41) is 10.9. The number of nitrogens with one attached hydrogen (secondary N) is 1. The Bertz CT molecular complexity index is 1090. The Morgan fingerprint density at radius 2 is 1.72 bits per heavy atom. The van der Waals surface area contributed by atoms with Crippen LogP contribution in [0.5, 0.6) is 0 Å².